The number of thiazole rings is 1. The van der Waals surface area contributed by atoms with Crippen molar-refractivity contribution in [3.8, 4) is 0 Å². The minimum Gasteiger partial charge on any atom is -0.478 e. The van der Waals surface area contributed by atoms with E-state index in [4.69, 9.17) is 5.11 Å². The molecule has 1 aromatic heterocycles. The van der Waals surface area contributed by atoms with Gasteiger partial charge < -0.3 is 10.4 Å². The third-order valence-electron chi connectivity index (χ3n) is 2.60. The molecule has 0 aliphatic carbocycles. The van der Waals surface area contributed by atoms with Crippen molar-refractivity contribution in [2.75, 3.05) is 5.32 Å². The zero-order chi connectivity index (χ0) is 13.1. The van der Waals surface area contributed by atoms with Crippen LogP contribution in [0.15, 0.2) is 29.6 Å². The van der Waals surface area contributed by atoms with E-state index in [1.807, 2.05) is 19.2 Å². The molecular formula is C13H14N2O2S. The fourth-order valence-corrected chi connectivity index (χ4v) is 2.32. The van der Waals surface area contributed by atoms with Crippen molar-refractivity contribution in [3.05, 3.63) is 45.9 Å². The predicted octanol–water partition coefficient (Wildman–Crippen LogP) is 3.32. The van der Waals surface area contributed by atoms with Gasteiger partial charge in [0.2, 0.25) is 0 Å². The van der Waals surface area contributed by atoms with E-state index in [1.165, 1.54) is 0 Å². The molecule has 4 nitrogen and oxygen atoms in total. The zero-order valence-electron chi connectivity index (χ0n) is 10.2. The van der Waals surface area contributed by atoms with Crippen molar-refractivity contribution in [3.63, 3.8) is 0 Å². The highest BCUT2D eigenvalue weighted by Crippen LogP contribution is 2.21. The Morgan fingerprint density at radius 1 is 1.39 bits per heavy atom. The van der Waals surface area contributed by atoms with Gasteiger partial charge in [-0.2, -0.15) is 0 Å². The van der Waals surface area contributed by atoms with E-state index in [9.17, 15) is 4.79 Å². The maximum Gasteiger partial charge on any atom is 0.335 e. The largest absolute Gasteiger partial charge is 0.478 e. The molecule has 1 unspecified atom stereocenters. The van der Waals surface area contributed by atoms with E-state index < -0.39 is 5.97 Å². The monoisotopic (exact) mass is 262 g/mol. The minimum atomic E-state index is -0.912. The van der Waals surface area contributed by atoms with Gasteiger partial charge in [-0.15, -0.1) is 11.3 Å². The Labute approximate surface area is 109 Å². The average Bonchev–Trinajstić information content (AvgIpc) is 2.76. The molecule has 94 valence electrons. The standard InChI is InChI=1S/C13H14N2O2S/c1-8(12-7-18-9(2)15-12)14-11-5-3-10(4-6-11)13(16)17/h3-8,14H,1-2H3,(H,16,17). The molecule has 2 aromatic rings. The summed E-state index contributed by atoms with van der Waals surface area (Å²) in [5.41, 5.74) is 2.18. The van der Waals surface area contributed by atoms with Crippen LogP contribution in [0, 0.1) is 6.92 Å². The Hall–Kier alpha value is -1.88. The fraction of sp³-hybridized carbons (Fsp3) is 0.231. The SMILES string of the molecule is Cc1nc(C(C)Nc2ccc(C(=O)O)cc2)cs1. The van der Waals surface area contributed by atoms with E-state index in [1.54, 1.807) is 35.6 Å². The lowest BCUT2D eigenvalue weighted by Gasteiger charge is -2.13. The van der Waals surface area contributed by atoms with Crippen molar-refractivity contribution in [2.24, 2.45) is 0 Å². The molecule has 18 heavy (non-hydrogen) atoms. The first kappa shape index (κ1) is 12.6. The van der Waals surface area contributed by atoms with E-state index >= 15 is 0 Å². The minimum absolute atomic E-state index is 0.102. The molecule has 1 atom stereocenters. The summed E-state index contributed by atoms with van der Waals surface area (Å²) in [5, 5.41) is 15.2. The summed E-state index contributed by atoms with van der Waals surface area (Å²) in [4.78, 5) is 15.1. The topological polar surface area (TPSA) is 62.2 Å². The van der Waals surface area contributed by atoms with Crippen molar-refractivity contribution in [1.82, 2.24) is 4.98 Å². The molecule has 1 heterocycles. The lowest BCUT2D eigenvalue weighted by atomic mass is 10.2. The molecule has 0 saturated carbocycles. The van der Waals surface area contributed by atoms with Gasteiger partial charge in [0.15, 0.2) is 0 Å². The van der Waals surface area contributed by atoms with Gasteiger partial charge in [-0.05, 0) is 38.1 Å². The number of aromatic carboxylic acids is 1. The summed E-state index contributed by atoms with van der Waals surface area (Å²) < 4.78 is 0. The zero-order valence-corrected chi connectivity index (χ0v) is 11.0. The molecule has 0 aliphatic rings. The second kappa shape index (κ2) is 5.18. The molecule has 0 saturated heterocycles. The van der Waals surface area contributed by atoms with Crippen LogP contribution in [-0.4, -0.2) is 16.1 Å². The van der Waals surface area contributed by atoms with Gasteiger partial charge in [0.25, 0.3) is 0 Å². The summed E-state index contributed by atoms with van der Waals surface area (Å²) in [6.45, 7) is 4.00. The number of carbonyl (C=O) groups is 1. The maximum atomic E-state index is 10.7. The molecule has 1 aromatic carbocycles. The number of aryl methyl sites for hydroxylation is 1. The van der Waals surface area contributed by atoms with Gasteiger partial charge in [0.1, 0.15) is 0 Å². The van der Waals surface area contributed by atoms with E-state index in [2.05, 4.69) is 10.3 Å². The summed E-state index contributed by atoms with van der Waals surface area (Å²) in [7, 11) is 0. The number of carboxylic acids is 1. The van der Waals surface area contributed by atoms with Crippen LogP contribution in [0.2, 0.25) is 0 Å². The first-order chi connectivity index (χ1) is 8.56. The van der Waals surface area contributed by atoms with E-state index in [-0.39, 0.29) is 11.6 Å². The Morgan fingerprint density at radius 2 is 2.06 bits per heavy atom. The lowest BCUT2D eigenvalue weighted by Crippen LogP contribution is -2.07. The molecule has 0 spiro atoms. The molecule has 0 amide bonds. The highest BCUT2D eigenvalue weighted by atomic mass is 32.1. The van der Waals surface area contributed by atoms with Crippen LogP contribution in [0.4, 0.5) is 5.69 Å². The second-order valence-corrected chi connectivity index (χ2v) is 5.10. The molecule has 5 heteroatoms. The van der Waals surface area contributed by atoms with Gasteiger partial charge in [-0.1, -0.05) is 0 Å². The first-order valence-corrected chi connectivity index (χ1v) is 6.46. The van der Waals surface area contributed by atoms with Crippen LogP contribution in [0.5, 0.6) is 0 Å². The Morgan fingerprint density at radius 3 is 2.56 bits per heavy atom. The smallest absolute Gasteiger partial charge is 0.335 e. The van der Waals surface area contributed by atoms with Crippen molar-refractivity contribution in [2.45, 2.75) is 19.9 Å². The van der Waals surface area contributed by atoms with Crippen LogP contribution < -0.4 is 5.32 Å². The number of hydrogen-bond donors (Lipinski definition) is 2. The van der Waals surface area contributed by atoms with Gasteiger partial charge in [-0.25, -0.2) is 9.78 Å². The van der Waals surface area contributed by atoms with Crippen molar-refractivity contribution >= 4 is 23.0 Å². The molecule has 2 N–H and O–H groups in total. The molecular weight excluding hydrogens is 248 g/mol. The molecule has 0 bridgehead atoms. The van der Waals surface area contributed by atoms with E-state index in [0.717, 1.165) is 16.4 Å². The summed E-state index contributed by atoms with van der Waals surface area (Å²) >= 11 is 1.62. The summed E-state index contributed by atoms with van der Waals surface area (Å²) in [6.07, 6.45) is 0. The van der Waals surface area contributed by atoms with Gasteiger partial charge in [0, 0.05) is 11.1 Å². The molecule has 0 radical (unpaired) electrons. The van der Waals surface area contributed by atoms with Crippen LogP contribution in [0.25, 0.3) is 0 Å². The number of anilines is 1. The van der Waals surface area contributed by atoms with Crippen LogP contribution in [0.3, 0.4) is 0 Å². The van der Waals surface area contributed by atoms with Crippen LogP contribution in [0.1, 0.15) is 34.0 Å². The highest BCUT2D eigenvalue weighted by molar-refractivity contribution is 7.09. The third kappa shape index (κ3) is 2.87. The maximum absolute atomic E-state index is 10.7. The van der Waals surface area contributed by atoms with E-state index in [0.29, 0.717) is 0 Å². The number of rotatable bonds is 4. The third-order valence-corrected chi connectivity index (χ3v) is 3.39. The fourth-order valence-electron chi connectivity index (χ4n) is 1.61. The van der Waals surface area contributed by atoms with Crippen LogP contribution >= 0.6 is 11.3 Å². The number of nitrogens with one attached hydrogen (secondary N) is 1. The average molecular weight is 262 g/mol. The molecule has 2 rings (SSSR count). The van der Waals surface area contributed by atoms with Crippen molar-refractivity contribution in [1.29, 1.82) is 0 Å². The number of nitrogens with zero attached hydrogens (tertiary/aromatic N) is 1. The number of aromatic nitrogens is 1. The summed E-state index contributed by atoms with van der Waals surface area (Å²) in [6, 6.07) is 6.80. The molecule has 0 aliphatic heterocycles. The van der Waals surface area contributed by atoms with Gasteiger partial charge >= 0.3 is 5.97 Å². The number of benzene rings is 1. The Bertz CT molecular complexity index is 548. The second-order valence-electron chi connectivity index (χ2n) is 4.04. The normalized spacial score (nSPS) is 12.1. The Kier molecular flexibility index (Phi) is 3.62. The predicted molar refractivity (Wildman–Crippen MR) is 72.3 cm³/mol. The molecule has 0 fully saturated rings. The lowest BCUT2D eigenvalue weighted by molar-refractivity contribution is 0.0697. The Balaban J connectivity index is 2.07. The first-order valence-electron chi connectivity index (χ1n) is 5.58. The quantitative estimate of drug-likeness (QED) is 0.887. The van der Waals surface area contributed by atoms with Gasteiger partial charge in [0.05, 0.1) is 22.3 Å². The highest BCUT2D eigenvalue weighted by Gasteiger charge is 2.09. The summed E-state index contributed by atoms with van der Waals surface area (Å²) in [5.74, 6) is -0.912. The number of carboxylic acid groups (broad SMARTS) is 1. The number of hydrogen-bond acceptors (Lipinski definition) is 4. The van der Waals surface area contributed by atoms with Gasteiger partial charge in [-0.3, -0.25) is 0 Å². The van der Waals surface area contributed by atoms with Crippen LogP contribution in [-0.2, 0) is 0 Å². The van der Waals surface area contributed by atoms with Crippen molar-refractivity contribution < 1.29 is 9.90 Å².